The summed E-state index contributed by atoms with van der Waals surface area (Å²) in [5, 5.41) is 3.74. The fourth-order valence-corrected chi connectivity index (χ4v) is 4.02. The largest absolute Gasteiger partial charge is 0.449 e. The summed E-state index contributed by atoms with van der Waals surface area (Å²) in [5.41, 5.74) is 2.03. The first kappa shape index (κ1) is 21.9. The maximum Gasteiger partial charge on any atom is 0.411 e. The Morgan fingerprint density at radius 2 is 1.88 bits per heavy atom. The highest BCUT2D eigenvalue weighted by molar-refractivity contribution is 5.97. The first-order chi connectivity index (χ1) is 15.6. The molecule has 0 bridgehead atoms. The Balaban J connectivity index is 1.14. The summed E-state index contributed by atoms with van der Waals surface area (Å²) in [6.45, 7) is 2.79. The number of hydrogen-bond acceptors (Lipinski definition) is 5. The molecule has 0 spiro atoms. The van der Waals surface area contributed by atoms with E-state index in [2.05, 4.69) is 15.2 Å². The summed E-state index contributed by atoms with van der Waals surface area (Å²) < 4.78 is 18.3. The highest BCUT2D eigenvalue weighted by Gasteiger charge is 2.25. The Bertz CT molecular complexity index is 1080. The minimum absolute atomic E-state index is 0.0183. The first-order valence-corrected chi connectivity index (χ1v) is 10.9. The van der Waals surface area contributed by atoms with Gasteiger partial charge in [0.25, 0.3) is 0 Å². The molecule has 1 saturated heterocycles. The predicted molar refractivity (Wildman–Crippen MR) is 121 cm³/mol. The van der Waals surface area contributed by atoms with Gasteiger partial charge < -0.3 is 9.64 Å². The van der Waals surface area contributed by atoms with Gasteiger partial charge in [-0.25, -0.2) is 9.18 Å². The second-order valence-electron chi connectivity index (χ2n) is 8.01. The third-order valence-corrected chi connectivity index (χ3v) is 5.79. The number of amides is 1. The maximum atomic E-state index is 13.1. The lowest BCUT2D eigenvalue weighted by Gasteiger charge is -2.31. The van der Waals surface area contributed by atoms with Gasteiger partial charge in [0.05, 0.1) is 12.1 Å². The molecule has 4 rings (SSSR count). The molecule has 1 aromatic heterocycles. The first-order valence-electron chi connectivity index (χ1n) is 10.9. The Morgan fingerprint density at radius 3 is 2.66 bits per heavy atom. The Hall–Kier alpha value is -3.32. The van der Waals surface area contributed by atoms with Crippen LogP contribution in [-0.2, 0) is 4.74 Å². The molecular weight excluding hydrogens is 409 g/mol. The number of aromatic nitrogens is 1. The monoisotopic (exact) mass is 435 g/mol. The van der Waals surface area contributed by atoms with Crippen molar-refractivity contribution in [3.63, 3.8) is 0 Å². The van der Waals surface area contributed by atoms with Gasteiger partial charge in [-0.05, 0) is 74.8 Å². The SMILES string of the molecule is O=C(Nc1ccc2cccnc2c1)OCCCN1CCC(C(=O)c2ccc(F)cc2)CC1. The van der Waals surface area contributed by atoms with Crippen molar-refractivity contribution < 1.29 is 18.7 Å². The number of carbonyl (C=O) groups is 2. The number of carbonyl (C=O) groups excluding carboxylic acids is 2. The van der Waals surface area contributed by atoms with E-state index in [9.17, 15) is 14.0 Å². The molecule has 0 unspecified atom stereocenters. The highest BCUT2D eigenvalue weighted by Crippen LogP contribution is 2.22. The fourth-order valence-electron chi connectivity index (χ4n) is 4.02. The lowest BCUT2D eigenvalue weighted by atomic mass is 9.89. The molecule has 1 aliphatic rings. The normalized spacial score (nSPS) is 14.9. The van der Waals surface area contributed by atoms with E-state index >= 15 is 0 Å². The molecule has 32 heavy (non-hydrogen) atoms. The van der Waals surface area contributed by atoms with E-state index in [4.69, 9.17) is 4.74 Å². The van der Waals surface area contributed by atoms with Crippen LogP contribution in [0.1, 0.15) is 29.6 Å². The number of benzene rings is 2. The van der Waals surface area contributed by atoms with E-state index in [0.29, 0.717) is 17.9 Å². The smallest absolute Gasteiger partial charge is 0.411 e. The van der Waals surface area contributed by atoms with E-state index < -0.39 is 6.09 Å². The number of ketones is 1. The van der Waals surface area contributed by atoms with Crippen molar-refractivity contribution in [2.45, 2.75) is 19.3 Å². The summed E-state index contributed by atoms with van der Waals surface area (Å²) >= 11 is 0. The number of halogens is 1. The van der Waals surface area contributed by atoms with Crippen molar-refractivity contribution >= 4 is 28.5 Å². The van der Waals surface area contributed by atoms with Gasteiger partial charge in [-0.3, -0.25) is 15.1 Å². The molecule has 2 aromatic carbocycles. The molecule has 0 saturated carbocycles. The van der Waals surface area contributed by atoms with Crippen LogP contribution in [0.25, 0.3) is 10.9 Å². The van der Waals surface area contributed by atoms with Crippen LogP contribution < -0.4 is 5.32 Å². The van der Waals surface area contributed by atoms with E-state index in [-0.39, 0.29) is 17.5 Å². The van der Waals surface area contributed by atoms with Gasteiger partial charge in [0.2, 0.25) is 0 Å². The van der Waals surface area contributed by atoms with Gasteiger partial charge in [0.15, 0.2) is 5.78 Å². The number of rotatable bonds is 7. The number of likely N-dealkylation sites (tertiary alicyclic amines) is 1. The zero-order chi connectivity index (χ0) is 22.3. The number of ether oxygens (including phenoxy) is 1. The lowest BCUT2D eigenvalue weighted by molar-refractivity contribution is 0.0830. The van der Waals surface area contributed by atoms with Gasteiger partial charge in [-0.1, -0.05) is 12.1 Å². The summed E-state index contributed by atoms with van der Waals surface area (Å²) in [7, 11) is 0. The summed E-state index contributed by atoms with van der Waals surface area (Å²) in [4.78, 5) is 31.2. The van der Waals surface area contributed by atoms with Crippen LogP contribution in [0, 0.1) is 11.7 Å². The van der Waals surface area contributed by atoms with E-state index in [1.165, 1.54) is 12.1 Å². The summed E-state index contributed by atoms with van der Waals surface area (Å²) in [5.74, 6) is -0.259. The quantitative estimate of drug-likeness (QED) is 0.422. The van der Waals surface area contributed by atoms with Crippen molar-refractivity contribution in [1.82, 2.24) is 9.88 Å². The summed E-state index contributed by atoms with van der Waals surface area (Å²) in [6, 6.07) is 15.1. The molecule has 0 aliphatic carbocycles. The lowest BCUT2D eigenvalue weighted by Crippen LogP contribution is -2.37. The van der Waals surface area contributed by atoms with Crippen LogP contribution in [0.2, 0.25) is 0 Å². The molecule has 1 N–H and O–H groups in total. The minimum atomic E-state index is -0.483. The Kier molecular flexibility index (Phi) is 7.07. The molecule has 2 heterocycles. The summed E-state index contributed by atoms with van der Waals surface area (Å²) in [6.07, 6.45) is 3.53. The molecule has 1 fully saturated rings. The van der Waals surface area contributed by atoms with Crippen molar-refractivity contribution in [3.05, 3.63) is 72.2 Å². The molecule has 3 aromatic rings. The van der Waals surface area contributed by atoms with Gasteiger partial charge in [0.1, 0.15) is 5.82 Å². The standard InChI is InChI=1S/C25H26FN3O3/c26-21-7-4-19(5-8-21)24(30)20-10-14-29(15-11-20)13-2-16-32-25(31)28-22-9-6-18-3-1-12-27-23(18)17-22/h1,3-9,12,17,20H,2,10-11,13-16H2,(H,28,31). The number of nitrogens with zero attached hydrogens (tertiary/aromatic N) is 2. The van der Waals surface area contributed by atoms with E-state index in [0.717, 1.165) is 49.8 Å². The molecular formula is C25H26FN3O3. The zero-order valence-electron chi connectivity index (χ0n) is 17.8. The zero-order valence-corrected chi connectivity index (χ0v) is 17.8. The number of anilines is 1. The van der Waals surface area contributed by atoms with E-state index in [1.54, 1.807) is 18.3 Å². The number of fused-ring (bicyclic) bond motifs is 1. The number of nitrogens with one attached hydrogen (secondary N) is 1. The van der Waals surface area contributed by atoms with Crippen LogP contribution in [0.5, 0.6) is 0 Å². The van der Waals surface area contributed by atoms with Gasteiger partial charge in [-0.15, -0.1) is 0 Å². The van der Waals surface area contributed by atoms with E-state index in [1.807, 2.05) is 30.3 Å². The topological polar surface area (TPSA) is 71.5 Å². The average molecular weight is 435 g/mol. The van der Waals surface area contributed by atoms with Gasteiger partial charge in [-0.2, -0.15) is 0 Å². The third-order valence-electron chi connectivity index (χ3n) is 5.79. The Labute approximate surface area is 186 Å². The molecule has 6 nitrogen and oxygen atoms in total. The second kappa shape index (κ2) is 10.3. The number of hydrogen-bond donors (Lipinski definition) is 1. The molecule has 0 radical (unpaired) electrons. The van der Waals surface area contributed by atoms with Crippen LogP contribution in [-0.4, -0.2) is 48.0 Å². The number of pyridine rings is 1. The van der Waals surface area contributed by atoms with Crippen LogP contribution in [0.3, 0.4) is 0 Å². The van der Waals surface area contributed by atoms with Crippen LogP contribution in [0.15, 0.2) is 60.8 Å². The third kappa shape index (κ3) is 5.68. The fraction of sp³-hybridized carbons (Fsp3) is 0.320. The predicted octanol–water partition coefficient (Wildman–Crippen LogP) is 4.91. The minimum Gasteiger partial charge on any atom is -0.449 e. The number of piperidine rings is 1. The molecule has 1 amide bonds. The maximum absolute atomic E-state index is 13.1. The van der Waals surface area contributed by atoms with Crippen LogP contribution in [0.4, 0.5) is 14.9 Å². The van der Waals surface area contributed by atoms with Gasteiger partial charge in [0, 0.05) is 35.3 Å². The van der Waals surface area contributed by atoms with Crippen molar-refractivity contribution in [2.75, 3.05) is 31.6 Å². The van der Waals surface area contributed by atoms with Crippen molar-refractivity contribution in [1.29, 1.82) is 0 Å². The molecule has 166 valence electrons. The van der Waals surface area contributed by atoms with Crippen molar-refractivity contribution in [3.8, 4) is 0 Å². The Morgan fingerprint density at radius 1 is 1.09 bits per heavy atom. The average Bonchev–Trinajstić information content (AvgIpc) is 2.82. The number of Topliss-reactive ketones (excluding diaryl/α,β-unsaturated/α-hetero) is 1. The second-order valence-corrected chi connectivity index (χ2v) is 8.01. The molecule has 1 aliphatic heterocycles. The molecule has 0 atom stereocenters. The molecule has 7 heteroatoms. The van der Waals surface area contributed by atoms with Crippen molar-refractivity contribution in [2.24, 2.45) is 5.92 Å². The van der Waals surface area contributed by atoms with Gasteiger partial charge >= 0.3 is 6.09 Å². The highest BCUT2D eigenvalue weighted by atomic mass is 19.1. The van der Waals surface area contributed by atoms with Crippen LogP contribution >= 0.6 is 0 Å².